The van der Waals surface area contributed by atoms with Gasteiger partial charge in [-0.25, -0.2) is 0 Å². The molecule has 1 aromatic heterocycles. The molecule has 0 radical (unpaired) electrons. The van der Waals surface area contributed by atoms with Crippen LogP contribution in [0.2, 0.25) is 0 Å². The van der Waals surface area contributed by atoms with E-state index in [-0.39, 0.29) is 35.8 Å². The summed E-state index contributed by atoms with van der Waals surface area (Å²) >= 11 is 0. The number of aliphatic imine (C=N–C) groups is 1. The van der Waals surface area contributed by atoms with E-state index < -0.39 is 0 Å². The minimum absolute atomic E-state index is 0. The van der Waals surface area contributed by atoms with Gasteiger partial charge in [-0.15, -0.1) is 24.0 Å². The van der Waals surface area contributed by atoms with E-state index in [0.717, 1.165) is 96.4 Å². The molecule has 0 aliphatic carbocycles. The summed E-state index contributed by atoms with van der Waals surface area (Å²) in [6.07, 6.45) is 4.60. The molecule has 0 aromatic carbocycles. The van der Waals surface area contributed by atoms with Gasteiger partial charge in [0.15, 0.2) is 5.96 Å². The number of rotatable bonds is 8. The second-order valence-corrected chi connectivity index (χ2v) is 7.89. The van der Waals surface area contributed by atoms with Crippen molar-refractivity contribution < 1.29 is 9.32 Å². The van der Waals surface area contributed by atoms with Crippen molar-refractivity contribution >= 4 is 35.8 Å². The van der Waals surface area contributed by atoms with Gasteiger partial charge in [0, 0.05) is 58.4 Å². The molecular weight excluding hydrogens is 497 g/mol. The van der Waals surface area contributed by atoms with Crippen LogP contribution in [0.4, 0.5) is 0 Å². The molecule has 0 spiro atoms. The van der Waals surface area contributed by atoms with Crippen LogP contribution in [-0.2, 0) is 11.3 Å². The molecule has 0 saturated carbocycles. The third-order valence-electron chi connectivity index (χ3n) is 5.69. The van der Waals surface area contributed by atoms with Crippen molar-refractivity contribution in [1.29, 1.82) is 0 Å². The summed E-state index contributed by atoms with van der Waals surface area (Å²) in [5, 5.41) is 7.43. The maximum absolute atomic E-state index is 11.4. The van der Waals surface area contributed by atoms with Crippen molar-refractivity contribution in [1.82, 2.24) is 25.2 Å². The van der Waals surface area contributed by atoms with Gasteiger partial charge in [0.1, 0.15) is 6.26 Å². The number of nitrogens with one attached hydrogen (secondary N) is 1. The van der Waals surface area contributed by atoms with Crippen LogP contribution in [0.1, 0.15) is 31.9 Å². The first kappa shape index (κ1) is 24.9. The molecule has 2 fully saturated rings. The number of hydrogen-bond acceptors (Lipinski definition) is 6. The fourth-order valence-corrected chi connectivity index (χ4v) is 4.06. The Morgan fingerprint density at radius 2 is 2.10 bits per heavy atom. The van der Waals surface area contributed by atoms with Crippen molar-refractivity contribution in [3.63, 3.8) is 0 Å². The number of aromatic nitrogens is 1. The van der Waals surface area contributed by atoms with Crippen LogP contribution in [0.15, 0.2) is 21.8 Å². The lowest BCUT2D eigenvalue weighted by atomic mass is 9.97. The lowest BCUT2D eigenvalue weighted by molar-refractivity contribution is -0.123. The number of halogens is 1. The van der Waals surface area contributed by atoms with E-state index in [1.807, 2.05) is 6.07 Å². The van der Waals surface area contributed by atoms with E-state index in [4.69, 9.17) is 15.2 Å². The second kappa shape index (κ2) is 13.1. The number of carbonyl (C=O) groups is 1. The first-order valence-corrected chi connectivity index (χ1v) is 10.8. The zero-order chi connectivity index (χ0) is 20.5. The smallest absolute Gasteiger partial charge is 0.221 e. The number of likely N-dealkylation sites (tertiary alicyclic amines) is 1. The maximum Gasteiger partial charge on any atom is 0.221 e. The van der Waals surface area contributed by atoms with E-state index in [1.165, 1.54) is 0 Å². The quantitative estimate of drug-likeness (QED) is 0.222. The third kappa shape index (κ3) is 7.69. The Morgan fingerprint density at radius 3 is 2.77 bits per heavy atom. The van der Waals surface area contributed by atoms with Gasteiger partial charge in [0.2, 0.25) is 5.91 Å². The molecule has 1 amide bonds. The van der Waals surface area contributed by atoms with Crippen molar-refractivity contribution in [3.8, 4) is 0 Å². The summed E-state index contributed by atoms with van der Waals surface area (Å²) in [5.41, 5.74) is 6.46. The van der Waals surface area contributed by atoms with Gasteiger partial charge < -0.3 is 25.4 Å². The Balaban J connectivity index is 0.00000320. The van der Waals surface area contributed by atoms with Crippen molar-refractivity contribution in [3.05, 3.63) is 18.0 Å². The highest BCUT2D eigenvalue weighted by molar-refractivity contribution is 14.0. The molecule has 2 aliphatic heterocycles. The summed E-state index contributed by atoms with van der Waals surface area (Å²) in [5.74, 6) is 0.852. The number of nitrogens with zero attached hydrogens (tertiary/aromatic N) is 5. The van der Waals surface area contributed by atoms with Crippen LogP contribution < -0.4 is 11.1 Å². The minimum Gasteiger partial charge on any atom is -0.369 e. The average molecular weight is 533 g/mol. The van der Waals surface area contributed by atoms with Crippen LogP contribution in [0.25, 0.3) is 0 Å². The van der Waals surface area contributed by atoms with Gasteiger partial charge in [0.25, 0.3) is 0 Å². The summed E-state index contributed by atoms with van der Waals surface area (Å²) < 4.78 is 4.92. The fourth-order valence-electron chi connectivity index (χ4n) is 4.06. The molecule has 3 rings (SSSR count). The zero-order valence-corrected chi connectivity index (χ0v) is 20.3. The largest absolute Gasteiger partial charge is 0.369 e. The number of carbonyl (C=O) groups excluding carboxylic acids is 1. The number of piperidine rings is 1. The fraction of sp³-hybridized carbons (Fsp3) is 0.750. The van der Waals surface area contributed by atoms with E-state index in [1.54, 1.807) is 6.26 Å². The van der Waals surface area contributed by atoms with Crippen LogP contribution in [0, 0.1) is 5.92 Å². The average Bonchev–Trinajstić information content (AvgIpc) is 3.24. The number of guanidine groups is 1. The first-order valence-electron chi connectivity index (χ1n) is 10.8. The van der Waals surface area contributed by atoms with Gasteiger partial charge in [-0.2, -0.15) is 0 Å². The molecule has 1 atom stereocenters. The van der Waals surface area contributed by atoms with Crippen molar-refractivity contribution in [2.24, 2.45) is 16.6 Å². The zero-order valence-electron chi connectivity index (χ0n) is 18.0. The van der Waals surface area contributed by atoms with Gasteiger partial charge in [0.05, 0.1) is 11.6 Å². The summed E-state index contributed by atoms with van der Waals surface area (Å²) in [7, 11) is 0. The SMILES string of the molecule is CCNC(=NCCCN1CCCC(C(N)=O)C1)N1CCN(Cc2ccon2)CC1.I. The normalized spacial score (nSPS) is 21.3. The van der Waals surface area contributed by atoms with Gasteiger partial charge in [-0.3, -0.25) is 14.7 Å². The highest BCUT2D eigenvalue weighted by atomic mass is 127. The molecule has 0 bridgehead atoms. The Hall–Kier alpha value is -1.40. The van der Waals surface area contributed by atoms with Crippen LogP contribution >= 0.6 is 24.0 Å². The second-order valence-electron chi connectivity index (χ2n) is 7.89. The van der Waals surface area contributed by atoms with Gasteiger partial charge >= 0.3 is 0 Å². The molecule has 3 heterocycles. The molecule has 2 aliphatic rings. The standard InChI is InChI=1S/C20H35N7O2.HI/c1-2-22-20(23-7-4-9-25-8-3-5-17(15-25)19(21)28)27-12-10-26(11-13-27)16-18-6-14-29-24-18;/h6,14,17H,2-5,7-13,15-16H2,1H3,(H2,21,28)(H,22,23);1H. The summed E-state index contributed by atoms with van der Waals surface area (Å²) in [4.78, 5) is 23.4. The Bertz CT molecular complexity index is 648. The summed E-state index contributed by atoms with van der Waals surface area (Å²) in [6.45, 7) is 11.3. The molecule has 170 valence electrons. The van der Waals surface area contributed by atoms with Crippen LogP contribution in [-0.4, -0.2) is 90.6 Å². The van der Waals surface area contributed by atoms with Crippen LogP contribution in [0.3, 0.4) is 0 Å². The molecule has 10 heteroatoms. The van der Waals surface area contributed by atoms with Crippen molar-refractivity contribution in [2.45, 2.75) is 32.7 Å². The number of nitrogens with two attached hydrogens (primary N) is 1. The van der Waals surface area contributed by atoms with Crippen LogP contribution in [0.5, 0.6) is 0 Å². The van der Waals surface area contributed by atoms with E-state index in [2.05, 4.69) is 32.1 Å². The lowest BCUT2D eigenvalue weighted by Crippen LogP contribution is -2.52. The van der Waals surface area contributed by atoms with E-state index >= 15 is 0 Å². The molecule has 9 nitrogen and oxygen atoms in total. The topological polar surface area (TPSA) is 103 Å². The minimum atomic E-state index is -0.162. The predicted molar refractivity (Wildman–Crippen MR) is 128 cm³/mol. The molecule has 30 heavy (non-hydrogen) atoms. The highest BCUT2D eigenvalue weighted by Crippen LogP contribution is 2.16. The van der Waals surface area contributed by atoms with Gasteiger partial charge in [-0.05, 0) is 39.3 Å². The molecule has 2 saturated heterocycles. The predicted octanol–water partition coefficient (Wildman–Crippen LogP) is 0.963. The third-order valence-corrected chi connectivity index (χ3v) is 5.69. The number of primary amides is 1. The molecule has 3 N–H and O–H groups in total. The Kier molecular flexibility index (Phi) is 10.9. The number of hydrogen-bond donors (Lipinski definition) is 2. The number of piperazine rings is 1. The highest BCUT2D eigenvalue weighted by Gasteiger charge is 2.23. The Morgan fingerprint density at radius 1 is 1.30 bits per heavy atom. The molecule has 1 unspecified atom stereocenters. The summed E-state index contributed by atoms with van der Waals surface area (Å²) in [6, 6.07) is 1.92. The maximum atomic E-state index is 11.4. The van der Waals surface area contributed by atoms with Crippen molar-refractivity contribution in [2.75, 3.05) is 58.9 Å². The first-order chi connectivity index (χ1) is 14.2. The van der Waals surface area contributed by atoms with Gasteiger partial charge in [-0.1, -0.05) is 5.16 Å². The monoisotopic (exact) mass is 533 g/mol. The Labute approximate surface area is 196 Å². The number of amides is 1. The molecule has 1 aromatic rings. The van der Waals surface area contributed by atoms with E-state index in [0.29, 0.717) is 0 Å². The lowest BCUT2D eigenvalue weighted by Gasteiger charge is -2.36. The molecular formula is C20H36IN7O2. The van der Waals surface area contributed by atoms with E-state index in [9.17, 15) is 4.79 Å².